The molecule has 0 saturated carbocycles. The number of ether oxygens (including phenoxy) is 1. The van der Waals surface area contributed by atoms with Gasteiger partial charge in [-0.15, -0.1) is 21.5 Å². The zero-order valence-corrected chi connectivity index (χ0v) is 13.3. The minimum atomic E-state index is -0.285. The Balaban J connectivity index is 1.63. The van der Waals surface area contributed by atoms with E-state index >= 15 is 0 Å². The van der Waals surface area contributed by atoms with E-state index in [9.17, 15) is 4.79 Å². The van der Waals surface area contributed by atoms with Gasteiger partial charge in [-0.25, -0.2) is 0 Å². The maximum atomic E-state index is 12.2. The first-order chi connectivity index (χ1) is 10.7. The Morgan fingerprint density at radius 2 is 2.32 bits per heavy atom. The minimum Gasteiger partial charge on any atom is -0.381 e. The molecule has 3 heterocycles. The van der Waals surface area contributed by atoms with E-state index in [1.165, 1.54) is 5.56 Å². The fourth-order valence-corrected chi connectivity index (χ4v) is 3.57. The van der Waals surface area contributed by atoms with Crippen molar-refractivity contribution in [3.05, 3.63) is 27.7 Å². The quantitative estimate of drug-likeness (QED) is 0.856. The minimum absolute atomic E-state index is 0.0243. The Labute approximate surface area is 132 Å². The van der Waals surface area contributed by atoms with Crippen molar-refractivity contribution in [1.82, 2.24) is 25.9 Å². The molecule has 1 saturated heterocycles. The SMILES string of the molecule is Cc1csc(CC(=O)NCC2(c3nn[nH]n3)CCOCC2)c1. The molecule has 0 atom stereocenters. The van der Waals surface area contributed by atoms with E-state index in [1.807, 2.05) is 13.0 Å². The number of thiophene rings is 1. The van der Waals surface area contributed by atoms with Gasteiger partial charge in [0.25, 0.3) is 0 Å². The van der Waals surface area contributed by atoms with Crippen LogP contribution in [-0.2, 0) is 21.4 Å². The van der Waals surface area contributed by atoms with Crippen molar-refractivity contribution in [1.29, 1.82) is 0 Å². The molecule has 0 spiro atoms. The van der Waals surface area contributed by atoms with E-state index < -0.39 is 0 Å². The monoisotopic (exact) mass is 321 g/mol. The van der Waals surface area contributed by atoms with Crippen molar-refractivity contribution in [3.8, 4) is 0 Å². The molecular formula is C14H19N5O2S. The van der Waals surface area contributed by atoms with Gasteiger partial charge in [0.2, 0.25) is 5.91 Å². The van der Waals surface area contributed by atoms with Crippen LogP contribution in [0.15, 0.2) is 11.4 Å². The third-order valence-corrected chi connectivity index (χ3v) is 5.07. The second-order valence-electron chi connectivity index (χ2n) is 5.67. The van der Waals surface area contributed by atoms with Crippen molar-refractivity contribution in [2.45, 2.75) is 31.6 Å². The summed E-state index contributed by atoms with van der Waals surface area (Å²) in [5.41, 5.74) is 0.909. The number of aryl methyl sites for hydroxylation is 1. The third-order valence-electron chi connectivity index (χ3n) is 4.01. The van der Waals surface area contributed by atoms with Crippen LogP contribution in [0.25, 0.3) is 0 Å². The highest BCUT2D eigenvalue weighted by molar-refractivity contribution is 7.10. The second kappa shape index (κ2) is 6.53. The van der Waals surface area contributed by atoms with E-state index in [0.29, 0.717) is 32.0 Å². The van der Waals surface area contributed by atoms with Crippen LogP contribution in [0.3, 0.4) is 0 Å². The zero-order valence-electron chi connectivity index (χ0n) is 12.5. The number of H-pyrrole nitrogens is 1. The molecule has 1 aliphatic rings. The average molecular weight is 321 g/mol. The molecule has 2 aromatic heterocycles. The lowest BCUT2D eigenvalue weighted by Crippen LogP contribution is -2.45. The van der Waals surface area contributed by atoms with E-state index in [4.69, 9.17) is 4.74 Å². The van der Waals surface area contributed by atoms with Gasteiger partial charge >= 0.3 is 0 Å². The van der Waals surface area contributed by atoms with Crippen LogP contribution in [0.4, 0.5) is 0 Å². The highest BCUT2D eigenvalue weighted by Crippen LogP contribution is 2.31. The van der Waals surface area contributed by atoms with Crippen LogP contribution in [0, 0.1) is 6.92 Å². The highest BCUT2D eigenvalue weighted by atomic mass is 32.1. The first-order valence-electron chi connectivity index (χ1n) is 7.30. The van der Waals surface area contributed by atoms with Gasteiger partial charge in [-0.3, -0.25) is 4.79 Å². The molecule has 3 rings (SSSR count). The van der Waals surface area contributed by atoms with Gasteiger partial charge in [0, 0.05) is 24.6 Å². The Morgan fingerprint density at radius 3 is 2.95 bits per heavy atom. The number of tetrazole rings is 1. The summed E-state index contributed by atoms with van der Waals surface area (Å²) in [6.07, 6.45) is 1.98. The number of nitrogens with one attached hydrogen (secondary N) is 2. The molecule has 0 unspecified atom stereocenters. The van der Waals surface area contributed by atoms with Crippen molar-refractivity contribution in [3.63, 3.8) is 0 Å². The van der Waals surface area contributed by atoms with Crippen LogP contribution in [0.1, 0.15) is 29.1 Å². The van der Waals surface area contributed by atoms with Crippen molar-refractivity contribution < 1.29 is 9.53 Å². The highest BCUT2D eigenvalue weighted by Gasteiger charge is 2.38. The standard InChI is InChI=1S/C14H19N5O2S/c1-10-6-11(22-8-10)7-12(20)15-9-14(2-4-21-5-3-14)13-16-18-19-17-13/h6,8H,2-5,7,9H2,1H3,(H,15,20)(H,16,17,18,19). The van der Waals surface area contributed by atoms with Gasteiger partial charge in [0.1, 0.15) is 0 Å². The number of hydrogen-bond acceptors (Lipinski definition) is 6. The van der Waals surface area contributed by atoms with Gasteiger partial charge in [0.15, 0.2) is 5.82 Å². The van der Waals surface area contributed by atoms with Gasteiger partial charge in [-0.05, 0) is 36.8 Å². The molecule has 1 aliphatic heterocycles. The average Bonchev–Trinajstić information content (AvgIpc) is 3.18. The molecule has 8 heteroatoms. The molecule has 22 heavy (non-hydrogen) atoms. The number of hydrogen-bond donors (Lipinski definition) is 2. The smallest absolute Gasteiger partial charge is 0.225 e. The number of aromatic nitrogens is 4. The first-order valence-corrected chi connectivity index (χ1v) is 8.18. The number of nitrogens with zero attached hydrogens (tertiary/aromatic N) is 3. The summed E-state index contributed by atoms with van der Waals surface area (Å²) in [5.74, 6) is 0.680. The normalized spacial score (nSPS) is 17.3. The molecular weight excluding hydrogens is 302 g/mol. The number of aromatic amines is 1. The zero-order chi connectivity index (χ0) is 15.4. The summed E-state index contributed by atoms with van der Waals surface area (Å²) < 4.78 is 5.43. The Hall–Kier alpha value is -1.80. The second-order valence-corrected chi connectivity index (χ2v) is 6.67. The lowest BCUT2D eigenvalue weighted by Gasteiger charge is -2.34. The maximum absolute atomic E-state index is 12.2. The van der Waals surface area contributed by atoms with Crippen molar-refractivity contribution in [2.24, 2.45) is 0 Å². The third kappa shape index (κ3) is 3.33. The molecule has 118 valence electrons. The molecule has 0 bridgehead atoms. The summed E-state index contributed by atoms with van der Waals surface area (Å²) in [6.45, 7) is 3.84. The summed E-state index contributed by atoms with van der Waals surface area (Å²) in [7, 11) is 0. The molecule has 0 aromatic carbocycles. The van der Waals surface area contributed by atoms with Crippen LogP contribution < -0.4 is 5.32 Å². The van der Waals surface area contributed by atoms with Crippen LogP contribution in [0.5, 0.6) is 0 Å². The Morgan fingerprint density at radius 1 is 1.50 bits per heavy atom. The topological polar surface area (TPSA) is 92.8 Å². The Bertz CT molecular complexity index is 619. The summed E-state index contributed by atoms with van der Waals surface area (Å²) in [6, 6.07) is 2.05. The van der Waals surface area contributed by atoms with Crippen LogP contribution >= 0.6 is 11.3 Å². The van der Waals surface area contributed by atoms with E-state index in [2.05, 4.69) is 31.3 Å². The molecule has 2 N–H and O–H groups in total. The molecule has 7 nitrogen and oxygen atoms in total. The van der Waals surface area contributed by atoms with E-state index in [0.717, 1.165) is 17.7 Å². The molecule has 2 aromatic rings. The van der Waals surface area contributed by atoms with Crippen molar-refractivity contribution in [2.75, 3.05) is 19.8 Å². The molecule has 0 aliphatic carbocycles. The fraction of sp³-hybridized carbons (Fsp3) is 0.571. The summed E-state index contributed by atoms with van der Waals surface area (Å²) in [5, 5.41) is 19.5. The predicted molar refractivity (Wildman–Crippen MR) is 81.7 cm³/mol. The number of amides is 1. The molecule has 1 amide bonds. The van der Waals surface area contributed by atoms with Crippen molar-refractivity contribution >= 4 is 17.2 Å². The Kier molecular flexibility index (Phi) is 4.49. The largest absolute Gasteiger partial charge is 0.381 e. The first kappa shape index (κ1) is 15.1. The lowest BCUT2D eigenvalue weighted by atomic mass is 9.79. The van der Waals surface area contributed by atoms with E-state index in [-0.39, 0.29) is 11.3 Å². The van der Waals surface area contributed by atoms with Gasteiger partial charge in [-0.2, -0.15) is 5.21 Å². The maximum Gasteiger partial charge on any atom is 0.225 e. The summed E-state index contributed by atoms with van der Waals surface area (Å²) in [4.78, 5) is 13.3. The number of carbonyl (C=O) groups is 1. The molecule has 0 radical (unpaired) electrons. The van der Waals surface area contributed by atoms with Crippen LogP contribution in [0.2, 0.25) is 0 Å². The van der Waals surface area contributed by atoms with Gasteiger partial charge in [0.05, 0.1) is 11.8 Å². The fourth-order valence-electron chi connectivity index (χ4n) is 2.70. The lowest BCUT2D eigenvalue weighted by molar-refractivity contribution is -0.120. The van der Waals surface area contributed by atoms with Crippen LogP contribution in [-0.4, -0.2) is 46.3 Å². The van der Waals surface area contributed by atoms with Gasteiger partial charge < -0.3 is 10.1 Å². The predicted octanol–water partition coefficient (Wildman–Crippen LogP) is 0.977. The summed E-state index contributed by atoms with van der Waals surface area (Å²) >= 11 is 1.62. The van der Waals surface area contributed by atoms with E-state index in [1.54, 1.807) is 11.3 Å². The number of carbonyl (C=O) groups excluding carboxylic acids is 1. The number of rotatable bonds is 5. The van der Waals surface area contributed by atoms with Gasteiger partial charge in [-0.1, -0.05) is 5.21 Å². The molecule has 1 fully saturated rings.